The number of fused-ring (bicyclic) bond motifs is 1. The van der Waals surface area contributed by atoms with Crippen LogP contribution < -0.4 is 35.9 Å². The molecule has 29 nitrogen and oxygen atoms in total. The van der Waals surface area contributed by atoms with Crippen molar-refractivity contribution in [2.45, 2.75) is 172 Å². The molecule has 76 heavy (non-hydrogen) atoms. The summed E-state index contributed by atoms with van der Waals surface area (Å²) in [7, 11) is -17.7. The molecule has 2 aromatic rings. The van der Waals surface area contributed by atoms with Crippen LogP contribution in [0.1, 0.15) is 123 Å². The highest BCUT2D eigenvalue weighted by Gasteiger charge is 2.47. The van der Waals surface area contributed by atoms with Crippen molar-refractivity contribution < 1.29 is 105 Å². The number of unbranched alkanes of at least 4 members (excludes halogenated alkanes) is 10. The number of nitrogens with zero attached hydrogens (tertiary/aromatic N) is 4. The van der Waals surface area contributed by atoms with Crippen molar-refractivity contribution in [2.24, 2.45) is 5.41 Å². The minimum absolute atomic E-state index is 0.0313. The number of carbonyl (C=O) groups is 4. The van der Waals surface area contributed by atoms with Gasteiger partial charge in [0.25, 0.3) is 15.6 Å². The van der Waals surface area contributed by atoms with Crippen molar-refractivity contribution >= 4 is 74.9 Å². The predicted octanol–water partition coefficient (Wildman–Crippen LogP) is -0.350. The average molecular weight is 1160 g/mol. The van der Waals surface area contributed by atoms with Gasteiger partial charge in [-0.15, -0.1) is 0 Å². The van der Waals surface area contributed by atoms with E-state index in [4.69, 9.17) is 19.9 Å². The van der Waals surface area contributed by atoms with Gasteiger partial charge >= 0.3 is 0 Å². The van der Waals surface area contributed by atoms with E-state index in [2.05, 4.69) is 43.5 Å². The molecular formula is C43H70N7O22P3S-4. The molecule has 0 aromatic carbocycles. The van der Waals surface area contributed by atoms with Crippen molar-refractivity contribution in [1.82, 2.24) is 30.2 Å². The molecule has 0 radical (unpaired) electrons. The van der Waals surface area contributed by atoms with E-state index >= 15 is 0 Å². The number of anilines is 1. The maximum atomic E-state index is 12.7. The molecule has 4 rings (SSSR count). The fourth-order valence-corrected chi connectivity index (χ4v) is 11.3. The van der Waals surface area contributed by atoms with Crippen LogP contribution in [-0.2, 0) is 65.0 Å². The first kappa shape index (κ1) is 65.6. The number of aliphatic hydroxyl groups excluding tert-OH is 4. The fraction of sp³-hybridized carbons (Fsp3) is 0.791. The lowest BCUT2D eigenvalue weighted by molar-refractivity contribution is -0.347. The third-order valence-electron chi connectivity index (χ3n) is 12.2. The highest BCUT2D eigenvalue weighted by Crippen LogP contribution is 2.56. The molecule has 0 saturated carbocycles. The van der Waals surface area contributed by atoms with Gasteiger partial charge in [0, 0.05) is 50.1 Å². The Kier molecular flexibility index (Phi) is 26.9. The van der Waals surface area contributed by atoms with E-state index < -0.39 is 103 Å². The van der Waals surface area contributed by atoms with Gasteiger partial charge in [-0.3, -0.25) is 32.9 Å². The third-order valence-corrected chi connectivity index (χ3v) is 16.0. The van der Waals surface area contributed by atoms with Crippen LogP contribution in [0.3, 0.4) is 0 Å². The van der Waals surface area contributed by atoms with Crippen molar-refractivity contribution in [2.75, 3.05) is 44.4 Å². The van der Waals surface area contributed by atoms with Crippen molar-refractivity contribution in [3.05, 3.63) is 12.7 Å². The molecule has 0 spiro atoms. The quantitative estimate of drug-likeness (QED) is 0.0260. The number of nitrogen functional groups attached to an aromatic ring is 1. The van der Waals surface area contributed by atoms with Gasteiger partial charge in [-0.1, -0.05) is 83.4 Å². The molecule has 2 saturated heterocycles. The number of ketones is 1. The Labute approximate surface area is 443 Å². The smallest absolute Gasteiger partial charge is 0.274 e. The van der Waals surface area contributed by atoms with Crippen LogP contribution in [-0.4, -0.2) is 150 Å². The van der Waals surface area contributed by atoms with Crippen LogP contribution in [0.25, 0.3) is 11.2 Å². The second-order valence-corrected chi connectivity index (χ2v) is 24.2. The summed E-state index contributed by atoms with van der Waals surface area (Å²) in [5.41, 5.74) is 4.03. The van der Waals surface area contributed by atoms with Gasteiger partial charge in [0.1, 0.15) is 48.1 Å². The van der Waals surface area contributed by atoms with Crippen LogP contribution >= 0.6 is 35.2 Å². The molecule has 0 aliphatic carbocycles. The highest BCUT2D eigenvalue weighted by atomic mass is 32.2. The molecular weight excluding hydrogens is 1090 g/mol. The zero-order chi connectivity index (χ0) is 56.3. The molecule has 8 N–H and O–H groups in total. The first-order chi connectivity index (χ1) is 35.7. The number of aromatic nitrogens is 4. The summed E-state index contributed by atoms with van der Waals surface area (Å²) < 4.78 is 72.0. The largest absolute Gasteiger partial charge is 0.790 e. The molecule has 2 unspecified atom stereocenters. The average Bonchev–Trinajstić information content (AvgIpc) is 3.90. The van der Waals surface area contributed by atoms with Crippen LogP contribution in [0.4, 0.5) is 5.82 Å². The number of carbonyl (C=O) groups excluding carboxylic acids is 4. The predicted molar refractivity (Wildman–Crippen MR) is 260 cm³/mol. The van der Waals surface area contributed by atoms with Gasteiger partial charge in [-0.25, -0.2) is 19.3 Å². The number of ether oxygens (including phenoxy) is 3. The number of amides is 2. The van der Waals surface area contributed by atoms with Crippen LogP contribution in [0.15, 0.2) is 12.7 Å². The zero-order valence-corrected chi connectivity index (χ0v) is 46.0. The molecule has 4 heterocycles. The third kappa shape index (κ3) is 22.7. The zero-order valence-electron chi connectivity index (χ0n) is 42.5. The summed E-state index contributed by atoms with van der Waals surface area (Å²) in [6.45, 7) is 2.13. The first-order valence-electron chi connectivity index (χ1n) is 24.8. The van der Waals surface area contributed by atoms with Gasteiger partial charge in [-0.05, 0) is 19.8 Å². The molecule has 33 heteroatoms. The molecule has 434 valence electrons. The lowest BCUT2D eigenvalue weighted by atomic mass is 9.87. The molecule has 2 amide bonds. The lowest BCUT2D eigenvalue weighted by Gasteiger charge is -2.36. The Morgan fingerprint density at radius 2 is 1.50 bits per heavy atom. The summed E-state index contributed by atoms with van der Waals surface area (Å²) in [6, 6.07) is 0. The molecule has 11 atom stereocenters. The summed E-state index contributed by atoms with van der Waals surface area (Å²) >= 11 is 0.906. The first-order valence-corrected chi connectivity index (χ1v) is 30.2. The van der Waals surface area contributed by atoms with E-state index in [1.807, 2.05) is 0 Å². The van der Waals surface area contributed by atoms with Crippen LogP contribution in [0.2, 0.25) is 0 Å². The molecule has 2 aliphatic rings. The van der Waals surface area contributed by atoms with Crippen molar-refractivity contribution in [1.29, 1.82) is 0 Å². The minimum Gasteiger partial charge on any atom is -0.790 e. The SMILES string of the molecule is C[C@@H]1O[C@@H](OCCCCCCCCCCCCCC(=O)CC(=O)SCCNC(=O)CCNC(=O)[C@H](O)C(C)(C)COP(=O)([O-])OP(=O)([O-])OC[C@H]2O[C@@H](n3cnc4c(N)ncnc43)[C@H](O)[C@@H]2OP(=O)([O-])[O-])[C@H](O)C[C@H]1O. The summed E-state index contributed by atoms with van der Waals surface area (Å²) in [5.74, 6) is -1.60. The van der Waals surface area contributed by atoms with E-state index in [1.54, 1.807) is 6.92 Å². The number of hydrogen-bond donors (Lipinski definition) is 7. The Morgan fingerprint density at radius 3 is 2.16 bits per heavy atom. The number of thioether (sulfide) groups is 1. The summed E-state index contributed by atoms with van der Waals surface area (Å²) in [5, 5.41) is 45.8. The Morgan fingerprint density at radius 1 is 0.868 bits per heavy atom. The van der Waals surface area contributed by atoms with Gasteiger partial charge in [0.2, 0.25) is 11.8 Å². The highest BCUT2D eigenvalue weighted by molar-refractivity contribution is 8.13. The maximum absolute atomic E-state index is 12.7. The number of nitrogens with two attached hydrogens (primary N) is 1. The second-order valence-electron chi connectivity index (χ2n) is 19.0. The fourth-order valence-electron chi connectivity index (χ4n) is 7.88. The Balaban J connectivity index is 1.01. The Hall–Kier alpha value is -2.93. The van der Waals surface area contributed by atoms with Crippen LogP contribution in [0.5, 0.6) is 0 Å². The van der Waals surface area contributed by atoms with E-state index in [1.165, 1.54) is 13.8 Å². The number of imidazole rings is 1. The minimum atomic E-state index is -5.95. The molecule has 0 bridgehead atoms. The van der Waals surface area contributed by atoms with Crippen LogP contribution in [0, 0.1) is 5.41 Å². The lowest BCUT2D eigenvalue weighted by Crippen LogP contribution is -2.47. The number of hydrogen-bond acceptors (Lipinski definition) is 27. The standard InChI is InChI=1S/C43H74N7O22P3S/c1-27-29(52)22-30(53)42(69-27)66-19-14-12-10-8-6-4-5-7-9-11-13-15-28(51)21-33(55)76-20-18-45-32(54)16-17-46-40(58)37(57)43(2,3)24-68-75(64,65)72-74(62,63)67-23-31-36(71-73(59,60)61)35(56)41(70-31)50-26-49-34-38(44)47-25-48-39(34)50/h25-27,29-31,35-37,41-42,52-53,56-57H,4-24H2,1-3H3,(H,45,54)(H,46,58)(H,62,63)(H,64,65)(H2,44,47,48)(H2,59,60,61)/p-4/t27-,29+,30+,31+,35+,36+,37-,41+,42+/m0/s1. The number of phosphoric acid groups is 3. The van der Waals surface area contributed by atoms with Crippen molar-refractivity contribution in [3.8, 4) is 0 Å². The summed E-state index contributed by atoms with van der Waals surface area (Å²) in [6.07, 6.45) is 1.28. The van der Waals surface area contributed by atoms with Gasteiger partial charge in [0.15, 0.2) is 29.1 Å². The van der Waals surface area contributed by atoms with E-state index in [9.17, 15) is 72.9 Å². The number of Topliss-reactive ketones (excluding diaryl/α,β-unsaturated/α-hetero) is 1. The number of nitrogens with one attached hydrogen (secondary N) is 2. The molecule has 2 fully saturated rings. The Bertz CT molecular complexity index is 2330. The number of phosphoric ester groups is 3. The molecule has 2 aromatic heterocycles. The topological polar surface area (TPSA) is 451 Å². The van der Waals surface area contributed by atoms with E-state index in [0.29, 0.717) is 19.4 Å². The second kappa shape index (κ2) is 31.2. The van der Waals surface area contributed by atoms with Gasteiger partial charge in [-0.2, -0.15) is 0 Å². The maximum Gasteiger partial charge on any atom is 0.274 e. The van der Waals surface area contributed by atoms with Gasteiger partial charge in [0.05, 0.1) is 46.0 Å². The number of rotatable bonds is 36. The number of aliphatic hydroxyl groups is 4. The summed E-state index contributed by atoms with van der Waals surface area (Å²) in [4.78, 5) is 109. The van der Waals surface area contributed by atoms with Gasteiger partial charge < -0.3 is 88.7 Å². The molecule has 2 aliphatic heterocycles. The normalized spacial score (nSPS) is 24.2. The van der Waals surface area contributed by atoms with E-state index in [-0.39, 0.29) is 72.1 Å². The van der Waals surface area contributed by atoms with E-state index in [0.717, 1.165) is 93.2 Å². The van der Waals surface area contributed by atoms with Crippen molar-refractivity contribution in [3.63, 3.8) is 0 Å². The monoisotopic (exact) mass is 1160 g/mol.